The molecule has 0 N–H and O–H groups in total. The van der Waals surface area contributed by atoms with Gasteiger partial charge in [0.05, 0.1) is 6.10 Å². The molecule has 0 bridgehead atoms. The second kappa shape index (κ2) is 8.65. The van der Waals surface area contributed by atoms with E-state index in [0.29, 0.717) is 12.1 Å². The molecule has 3 saturated carbocycles. The maximum atomic E-state index is 6.26. The molecule has 0 atom stereocenters. The normalized spacial score (nSPS) is 42.3. The number of ether oxygens (including phenoxy) is 1. The quantitative estimate of drug-likeness (QED) is 0.600. The smallest absolute Gasteiger partial charge is 0.0575 e. The van der Waals surface area contributed by atoms with Crippen molar-refractivity contribution in [1.82, 2.24) is 0 Å². The van der Waals surface area contributed by atoms with E-state index in [1.807, 2.05) is 0 Å². The summed E-state index contributed by atoms with van der Waals surface area (Å²) in [7, 11) is 0. The Balaban J connectivity index is 1.32. The van der Waals surface area contributed by atoms with Gasteiger partial charge in [-0.1, -0.05) is 6.92 Å². The van der Waals surface area contributed by atoms with Crippen LogP contribution in [0.3, 0.4) is 0 Å². The fraction of sp³-hybridized carbons (Fsp3) is 0.952. The third-order valence-corrected chi connectivity index (χ3v) is 7.09. The molecule has 3 aliphatic rings. The van der Waals surface area contributed by atoms with Gasteiger partial charge in [-0.15, -0.1) is 0 Å². The lowest BCUT2D eigenvalue weighted by atomic mass is 9.70. The molecule has 0 aromatic carbocycles. The molecule has 0 unspecified atom stereocenters. The van der Waals surface area contributed by atoms with Crippen LogP contribution in [0.1, 0.15) is 84.0 Å². The average molecular weight is 320 g/mol. The molecule has 0 aliphatic heterocycles. The van der Waals surface area contributed by atoms with Crippen molar-refractivity contribution < 1.29 is 4.74 Å². The second-order valence-corrected chi connectivity index (χ2v) is 8.75. The molecular weight excluding hydrogens is 282 g/mol. The zero-order chi connectivity index (χ0) is 16.1. The Bertz CT molecular complexity index is 345. The van der Waals surface area contributed by atoms with Gasteiger partial charge < -0.3 is 4.74 Å². The highest BCUT2D eigenvalue weighted by Gasteiger charge is 2.31. The summed E-state index contributed by atoms with van der Waals surface area (Å²) in [5.41, 5.74) is 0. The van der Waals surface area contributed by atoms with Crippen molar-refractivity contribution in [2.45, 2.75) is 96.1 Å². The Labute approximate surface area is 143 Å². The van der Waals surface area contributed by atoms with Crippen molar-refractivity contribution in [3.63, 3.8) is 0 Å². The Morgan fingerprint density at radius 2 is 1.35 bits per heavy atom. The molecule has 132 valence electrons. The lowest BCUT2D eigenvalue weighted by molar-refractivity contribution is -0.0108. The Morgan fingerprint density at radius 3 is 1.91 bits per heavy atom. The standard InChI is InChI=1S/C21H37NO/c1-16-3-13-21(14-4-16)23-15-17-5-7-18(8-6-17)19-9-11-20(22-2)12-10-19/h16-21H,2-15H2,1H3. The molecule has 0 radical (unpaired) electrons. The lowest BCUT2D eigenvalue weighted by Crippen LogP contribution is -2.29. The molecule has 0 spiro atoms. The number of hydrogen-bond acceptors (Lipinski definition) is 2. The van der Waals surface area contributed by atoms with Crippen molar-refractivity contribution >= 4 is 6.72 Å². The summed E-state index contributed by atoms with van der Waals surface area (Å²) in [6.45, 7) is 7.16. The van der Waals surface area contributed by atoms with Crippen LogP contribution in [0.25, 0.3) is 0 Å². The summed E-state index contributed by atoms with van der Waals surface area (Å²) in [6.07, 6.45) is 17.0. The van der Waals surface area contributed by atoms with Gasteiger partial charge >= 0.3 is 0 Å². The number of hydrogen-bond donors (Lipinski definition) is 0. The van der Waals surface area contributed by atoms with E-state index in [9.17, 15) is 0 Å². The van der Waals surface area contributed by atoms with E-state index in [1.165, 1.54) is 77.0 Å². The van der Waals surface area contributed by atoms with E-state index < -0.39 is 0 Å². The van der Waals surface area contributed by atoms with Crippen LogP contribution in [0.2, 0.25) is 0 Å². The van der Waals surface area contributed by atoms with Crippen LogP contribution in [0, 0.1) is 23.7 Å². The second-order valence-electron chi connectivity index (χ2n) is 8.75. The van der Waals surface area contributed by atoms with Crippen molar-refractivity contribution in [2.75, 3.05) is 6.61 Å². The van der Waals surface area contributed by atoms with Crippen LogP contribution in [-0.4, -0.2) is 25.5 Å². The van der Waals surface area contributed by atoms with Crippen molar-refractivity contribution in [3.05, 3.63) is 0 Å². The molecule has 3 rings (SSSR count). The molecule has 0 aromatic heterocycles. The van der Waals surface area contributed by atoms with E-state index in [1.54, 1.807) is 0 Å². The molecule has 3 fully saturated rings. The van der Waals surface area contributed by atoms with Crippen LogP contribution in [0.4, 0.5) is 0 Å². The van der Waals surface area contributed by atoms with Gasteiger partial charge in [0, 0.05) is 12.6 Å². The molecule has 2 heteroatoms. The third-order valence-electron chi connectivity index (χ3n) is 7.09. The molecule has 0 heterocycles. The predicted molar refractivity (Wildman–Crippen MR) is 98.1 cm³/mol. The van der Waals surface area contributed by atoms with Gasteiger partial charge in [0.1, 0.15) is 0 Å². The molecule has 2 nitrogen and oxygen atoms in total. The minimum atomic E-state index is 0.564. The van der Waals surface area contributed by atoms with Gasteiger partial charge in [0.15, 0.2) is 0 Å². The minimum Gasteiger partial charge on any atom is -0.378 e. The highest BCUT2D eigenvalue weighted by molar-refractivity contribution is 5.24. The number of nitrogens with zero attached hydrogens (tertiary/aromatic N) is 1. The summed E-state index contributed by atoms with van der Waals surface area (Å²) in [5.74, 6) is 3.75. The largest absolute Gasteiger partial charge is 0.378 e. The Hall–Kier alpha value is -0.370. The maximum absolute atomic E-state index is 6.26. The van der Waals surface area contributed by atoms with Crippen LogP contribution in [0.15, 0.2) is 4.99 Å². The fourth-order valence-corrected chi connectivity index (χ4v) is 5.25. The zero-order valence-electron chi connectivity index (χ0n) is 15.2. The first-order valence-electron chi connectivity index (χ1n) is 10.3. The summed E-state index contributed by atoms with van der Waals surface area (Å²) < 4.78 is 6.26. The highest BCUT2D eigenvalue weighted by atomic mass is 16.5. The van der Waals surface area contributed by atoms with Gasteiger partial charge in [-0.25, -0.2) is 0 Å². The molecule has 3 aliphatic carbocycles. The molecule has 0 saturated heterocycles. The van der Waals surface area contributed by atoms with E-state index in [4.69, 9.17) is 4.74 Å². The average Bonchev–Trinajstić information content (AvgIpc) is 2.62. The molecular formula is C21H37NO. The first kappa shape index (κ1) is 17.5. The summed E-state index contributed by atoms with van der Waals surface area (Å²) in [4.78, 5) is 4.25. The van der Waals surface area contributed by atoms with E-state index in [2.05, 4.69) is 18.6 Å². The number of aliphatic imine (C=N–C) groups is 1. The van der Waals surface area contributed by atoms with Gasteiger partial charge in [-0.3, -0.25) is 4.99 Å². The topological polar surface area (TPSA) is 21.6 Å². The fourth-order valence-electron chi connectivity index (χ4n) is 5.25. The van der Waals surface area contributed by atoms with Crippen LogP contribution in [-0.2, 0) is 4.74 Å². The Morgan fingerprint density at radius 1 is 0.783 bits per heavy atom. The number of rotatable bonds is 5. The van der Waals surface area contributed by atoms with Gasteiger partial charge in [-0.05, 0) is 107 Å². The predicted octanol–water partition coefficient (Wildman–Crippen LogP) is 5.65. The van der Waals surface area contributed by atoms with E-state index in [-0.39, 0.29) is 0 Å². The zero-order valence-corrected chi connectivity index (χ0v) is 15.2. The van der Waals surface area contributed by atoms with E-state index >= 15 is 0 Å². The summed E-state index contributed by atoms with van der Waals surface area (Å²) >= 11 is 0. The van der Waals surface area contributed by atoms with Crippen molar-refractivity contribution in [2.24, 2.45) is 28.7 Å². The van der Waals surface area contributed by atoms with Gasteiger partial charge in [-0.2, -0.15) is 0 Å². The van der Waals surface area contributed by atoms with Crippen molar-refractivity contribution in [1.29, 1.82) is 0 Å². The van der Waals surface area contributed by atoms with Crippen LogP contribution < -0.4 is 0 Å². The van der Waals surface area contributed by atoms with Crippen LogP contribution >= 0.6 is 0 Å². The summed E-state index contributed by atoms with van der Waals surface area (Å²) in [6, 6.07) is 0.564. The molecule has 0 amide bonds. The first-order chi connectivity index (χ1) is 11.2. The first-order valence-corrected chi connectivity index (χ1v) is 10.3. The maximum Gasteiger partial charge on any atom is 0.0575 e. The third kappa shape index (κ3) is 5.05. The monoisotopic (exact) mass is 319 g/mol. The SMILES string of the molecule is C=NC1CCC(C2CCC(COC3CCC(C)CC3)CC2)CC1. The highest BCUT2D eigenvalue weighted by Crippen LogP contribution is 2.40. The molecule has 23 heavy (non-hydrogen) atoms. The molecule has 0 aromatic rings. The van der Waals surface area contributed by atoms with Gasteiger partial charge in [0.2, 0.25) is 0 Å². The minimum absolute atomic E-state index is 0.564. The van der Waals surface area contributed by atoms with Crippen molar-refractivity contribution in [3.8, 4) is 0 Å². The van der Waals surface area contributed by atoms with Gasteiger partial charge in [0.25, 0.3) is 0 Å². The lowest BCUT2D eigenvalue weighted by Gasteiger charge is -2.37. The Kier molecular flexibility index (Phi) is 6.56. The van der Waals surface area contributed by atoms with E-state index in [0.717, 1.165) is 30.3 Å². The van der Waals surface area contributed by atoms with Crippen LogP contribution in [0.5, 0.6) is 0 Å². The summed E-state index contributed by atoms with van der Waals surface area (Å²) in [5, 5.41) is 0.